The number of carboxylic acids is 2. The summed E-state index contributed by atoms with van der Waals surface area (Å²) >= 11 is 0. The molecule has 0 bridgehead atoms. The van der Waals surface area contributed by atoms with Gasteiger partial charge in [0.05, 0.1) is 10.8 Å². The summed E-state index contributed by atoms with van der Waals surface area (Å²) in [6, 6.07) is 0. The van der Waals surface area contributed by atoms with Crippen LogP contribution in [0.25, 0.3) is 0 Å². The fourth-order valence-corrected chi connectivity index (χ4v) is 2.41. The number of unbranched alkanes of at least 4 members (excludes halogenated alkanes) is 7. The number of hydrogen-bond acceptors (Lipinski definition) is 2. The zero-order chi connectivity index (χ0) is 17.2. The molecule has 0 aromatic rings. The molecule has 0 spiro atoms. The van der Waals surface area contributed by atoms with Gasteiger partial charge in [-0.3, -0.25) is 9.59 Å². The molecule has 0 fully saturated rings. The maximum atomic E-state index is 11.0. The Morgan fingerprint density at radius 1 is 0.591 bits per heavy atom. The van der Waals surface area contributed by atoms with Gasteiger partial charge in [0, 0.05) is 0 Å². The SMILES string of the molecule is CC(C)(CCCCCCCCCCC(C)(C)C(=O)O)C(=O)O. The second-order valence-electron chi connectivity index (χ2n) is 7.71. The summed E-state index contributed by atoms with van der Waals surface area (Å²) in [6.45, 7) is 7.14. The molecule has 22 heavy (non-hydrogen) atoms. The largest absolute Gasteiger partial charge is 0.481 e. The van der Waals surface area contributed by atoms with Crippen LogP contribution in [0.5, 0.6) is 0 Å². The van der Waals surface area contributed by atoms with Crippen LogP contribution >= 0.6 is 0 Å². The third kappa shape index (κ3) is 9.06. The van der Waals surface area contributed by atoms with Crippen LogP contribution in [-0.2, 0) is 9.59 Å². The molecule has 2 N–H and O–H groups in total. The zero-order valence-electron chi connectivity index (χ0n) is 14.8. The van der Waals surface area contributed by atoms with Crippen molar-refractivity contribution in [3.05, 3.63) is 0 Å². The van der Waals surface area contributed by atoms with Gasteiger partial charge in [-0.15, -0.1) is 0 Å². The van der Waals surface area contributed by atoms with Gasteiger partial charge in [-0.25, -0.2) is 0 Å². The Labute approximate surface area is 135 Å². The van der Waals surface area contributed by atoms with Crippen molar-refractivity contribution in [2.75, 3.05) is 0 Å². The summed E-state index contributed by atoms with van der Waals surface area (Å²) in [6.07, 6.45) is 10.3. The first-order valence-corrected chi connectivity index (χ1v) is 8.56. The van der Waals surface area contributed by atoms with Crippen molar-refractivity contribution >= 4 is 11.9 Å². The minimum atomic E-state index is -0.711. The van der Waals surface area contributed by atoms with Gasteiger partial charge >= 0.3 is 11.9 Å². The summed E-state index contributed by atoms with van der Waals surface area (Å²) in [5, 5.41) is 18.0. The molecule has 0 aromatic heterocycles. The first-order valence-electron chi connectivity index (χ1n) is 8.56. The number of hydrogen-bond donors (Lipinski definition) is 2. The molecule has 0 aliphatic carbocycles. The minimum Gasteiger partial charge on any atom is -0.481 e. The average Bonchev–Trinajstić information content (AvgIpc) is 2.40. The van der Waals surface area contributed by atoms with Crippen molar-refractivity contribution in [2.45, 2.75) is 91.9 Å². The summed E-state index contributed by atoms with van der Waals surface area (Å²) in [5.41, 5.74) is -1.20. The van der Waals surface area contributed by atoms with Crippen LogP contribution in [0.15, 0.2) is 0 Å². The Hall–Kier alpha value is -1.06. The normalized spacial score (nSPS) is 12.4. The van der Waals surface area contributed by atoms with Gasteiger partial charge in [-0.2, -0.15) is 0 Å². The van der Waals surface area contributed by atoms with Crippen LogP contribution in [-0.4, -0.2) is 22.2 Å². The van der Waals surface area contributed by atoms with Gasteiger partial charge in [0.2, 0.25) is 0 Å². The van der Waals surface area contributed by atoms with E-state index in [0.29, 0.717) is 0 Å². The van der Waals surface area contributed by atoms with E-state index in [2.05, 4.69) is 0 Å². The van der Waals surface area contributed by atoms with Crippen molar-refractivity contribution in [2.24, 2.45) is 10.8 Å². The number of aliphatic carboxylic acids is 2. The van der Waals surface area contributed by atoms with E-state index >= 15 is 0 Å². The third-order valence-corrected chi connectivity index (χ3v) is 4.51. The minimum absolute atomic E-state index is 0.600. The molecule has 0 saturated heterocycles. The van der Waals surface area contributed by atoms with E-state index in [1.807, 2.05) is 0 Å². The summed E-state index contributed by atoms with van der Waals surface area (Å²) < 4.78 is 0. The van der Waals surface area contributed by atoms with Crippen LogP contribution in [0.4, 0.5) is 0 Å². The standard InChI is InChI=1S/C18H34O4/c1-17(2,15(19)20)13-11-9-7-5-6-8-10-12-14-18(3,4)16(21)22/h5-14H2,1-4H3,(H,19,20)(H,21,22). The topological polar surface area (TPSA) is 74.6 Å². The van der Waals surface area contributed by atoms with Gasteiger partial charge in [0.25, 0.3) is 0 Å². The third-order valence-electron chi connectivity index (χ3n) is 4.51. The van der Waals surface area contributed by atoms with E-state index in [-0.39, 0.29) is 0 Å². The highest BCUT2D eigenvalue weighted by atomic mass is 16.4. The van der Waals surface area contributed by atoms with Gasteiger partial charge in [0.15, 0.2) is 0 Å². The molecule has 0 aliphatic rings. The van der Waals surface area contributed by atoms with Crippen molar-refractivity contribution in [1.82, 2.24) is 0 Å². The van der Waals surface area contributed by atoms with Gasteiger partial charge in [-0.1, -0.05) is 51.4 Å². The maximum absolute atomic E-state index is 11.0. The molecule has 130 valence electrons. The van der Waals surface area contributed by atoms with Crippen LogP contribution < -0.4 is 0 Å². The van der Waals surface area contributed by atoms with Crippen LogP contribution in [0.1, 0.15) is 91.9 Å². The van der Waals surface area contributed by atoms with Crippen molar-refractivity contribution in [3.63, 3.8) is 0 Å². The van der Waals surface area contributed by atoms with Crippen molar-refractivity contribution < 1.29 is 19.8 Å². The van der Waals surface area contributed by atoms with Crippen LogP contribution in [0.2, 0.25) is 0 Å². The fourth-order valence-electron chi connectivity index (χ4n) is 2.41. The van der Waals surface area contributed by atoms with E-state index in [4.69, 9.17) is 10.2 Å². The maximum Gasteiger partial charge on any atom is 0.309 e. The number of rotatable bonds is 13. The molecule has 0 unspecified atom stereocenters. The monoisotopic (exact) mass is 314 g/mol. The Balaban J connectivity index is 3.45. The van der Waals surface area contributed by atoms with Gasteiger partial charge in [0.1, 0.15) is 0 Å². The highest BCUT2D eigenvalue weighted by Gasteiger charge is 2.26. The van der Waals surface area contributed by atoms with E-state index < -0.39 is 22.8 Å². The lowest BCUT2D eigenvalue weighted by Crippen LogP contribution is -2.23. The number of carbonyl (C=O) groups is 2. The summed E-state index contributed by atoms with van der Waals surface area (Å²) in [7, 11) is 0. The van der Waals surface area contributed by atoms with E-state index in [9.17, 15) is 9.59 Å². The number of carboxylic acid groups (broad SMARTS) is 2. The lowest BCUT2D eigenvalue weighted by atomic mass is 9.86. The Kier molecular flexibility index (Phi) is 9.38. The van der Waals surface area contributed by atoms with Crippen LogP contribution in [0.3, 0.4) is 0 Å². The smallest absolute Gasteiger partial charge is 0.309 e. The lowest BCUT2D eigenvalue weighted by molar-refractivity contribution is -0.148. The first kappa shape index (κ1) is 20.9. The molecule has 0 atom stereocenters. The molecule has 0 saturated carbocycles. The Bertz CT molecular complexity index is 311. The second kappa shape index (κ2) is 9.86. The van der Waals surface area contributed by atoms with Gasteiger partial charge in [-0.05, 0) is 40.5 Å². The second-order valence-corrected chi connectivity index (χ2v) is 7.71. The molecule has 4 heteroatoms. The highest BCUT2D eigenvalue weighted by Crippen LogP contribution is 2.25. The molecule has 0 radical (unpaired) electrons. The van der Waals surface area contributed by atoms with E-state index in [1.165, 1.54) is 12.8 Å². The molecule has 0 aliphatic heterocycles. The molecule has 0 heterocycles. The predicted octanol–water partition coefficient (Wildman–Crippen LogP) is 5.11. The quantitative estimate of drug-likeness (QED) is 0.463. The molecule has 0 amide bonds. The fraction of sp³-hybridized carbons (Fsp3) is 0.889. The molecule has 0 aromatic carbocycles. The molecular weight excluding hydrogens is 280 g/mol. The summed E-state index contributed by atoms with van der Waals surface area (Å²) in [4.78, 5) is 21.9. The van der Waals surface area contributed by atoms with E-state index in [1.54, 1.807) is 27.7 Å². The average molecular weight is 314 g/mol. The predicted molar refractivity (Wildman–Crippen MR) is 89.0 cm³/mol. The first-order chi connectivity index (χ1) is 10.1. The molecular formula is C18H34O4. The molecule has 4 nitrogen and oxygen atoms in total. The van der Waals surface area contributed by atoms with Crippen molar-refractivity contribution in [3.8, 4) is 0 Å². The van der Waals surface area contributed by atoms with E-state index in [0.717, 1.165) is 51.4 Å². The molecule has 0 rings (SSSR count). The Morgan fingerprint density at radius 3 is 1.05 bits per heavy atom. The lowest BCUT2D eigenvalue weighted by Gasteiger charge is -2.18. The highest BCUT2D eigenvalue weighted by molar-refractivity contribution is 5.73. The van der Waals surface area contributed by atoms with Crippen LogP contribution in [0, 0.1) is 10.8 Å². The Morgan fingerprint density at radius 2 is 0.818 bits per heavy atom. The summed E-state index contributed by atoms with van der Waals surface area (Å²) in [5.74, 6) is -1.42. The van der Waals surface area contributed by atoms with Crippen molar-refractivity contribution in [1.29, 1.82) is 0 Å². The van der Waals surface area contributed by atoms with Gasteiger partial charge < -0.3 is 10.2 Å². The zero-order valence-corrected chi connectivity index (χ0v) is 14.8.